The van der Waals surface area contributed by atoms with Gasteiger partial charge in [0, 0.05) is 18.6 Å². The quantitative estimate of drug-likeness (QED) is 0.238. The number of unbranched alkanes of at least 4 members (excludes halogenated alkanes) is 6. The summed E-state index contributed by atoms with van der Waals surface area (Å²) >= 11 is 0. The number of aldehydes is 1. The van der Waals surface area contributed by atoms with E-state index >= 15 is 0 Å². The summed E-state index contributed by atoms with van der Waals surface area (Å²) in [5, 5.41) is 9.69. The van der Waals surface area contributed by atoms with Crippen molar-refractivity contribution >= 4 is 6.29 Å². The Morgan fingerprint density at radius 2 is 1.32 bits per heavy atom. The van der Waals surface area contributed by atoms with Gasteiger partial charge in [-0.25, -0.2) is 0 Å². The number of aliphatic hydroxyl groups is 1. The van der Waals surface area contributed by atoms with Gasteiger partial charge in [-0.3, -0.25) is 0 Å². The predicted molar refractivity (Wildman–Crippen MR) is 136 cm³/mol. The second-order valence-electron chi connectivity index (χ2n) is 10.1. The van der Waals surface area contributed by atoms with Gasteiger partial charge in [0.05, 0.1) is 6.10 Å². The molecule has 1 aliphatic heterocycles. The molecule has 1 saturated heterocycles. The topological polar surface area (TPSA) is 46.5 Å². The van der Waals surface area contributed by atoms with Gasteiger partial charge >= 0.3 is 18.9 Å². The summed E-state index contributed by atoms with van der Waals surface area (Å²) in [6, 6.07) is 0. The fraction of sp³-hybridized carbons (Fsp3) is 0.926. The van der Waals surface area contributed by atoms with E-state index in [9.17, 15) is 9.90 Å². The molecule has 1 heterocycles. The van der Waals surface area contributed by atoms with Crippen LogP contribution in [0.15, 0.2) is 0 Å². The first-order valence-corrected chi connectivity index (χ1v) is 12.0. The van der Waals surface area contributed by atoms with E-state index in [1.807, 2.05) is 20.8 Å². The molecule has 1 atom stereocenters. The van der Waals surface area contributed by atoms with Gasteiger partial charge < -0.3 is 21.6 Å². The van der Waals surface area contributed by atoms with Crippen molar-refractivity contribution in [3.05, 3.63) is 6.92 Å². The van der Waals surface area contributed by atoms with Gasteiger partial charge in [-0.2, -0.15) is 6.42 Å². The molecule has 0 amide bonds. The summed E-state index contributed by atoms with van der Waals surface area (Å²) in [6.45, 7) is 22.0. The second kappa shape index (κ2) is 28.2. The number of ether oxygens (including phenoxy) is 1. The minimum Gasteiger partial charge on any atom is -0.393 e. The van der Waals surface area contributed by atoms with Crippen LogP contribution >= 0.6 is 0 Å². The Kier molecular flexibility index (Phi) is 37.7. The van der Waals surface area contributed by atoms with Crippen LogP contribution in [0.4, 0.5) is 0 Å². The molecular formula is C27H59LiO3. The minimum absolute atomic E-state index is 0. The molecule has 0 aliphatic carbocycles. The van der Waals surface area contributed by atoms with Crippen LogP contribution in [-0.2, 0) is 9.53 Å². The molecule has 1 rings (SSSR count). The molecule has 1 aliphatic rings. The summed E-state index contributed by atoms with van der Waals surface area (Å²) in [5.74, 6) is 0. The number of carbonyl (C=O) groups is 1. The van der Waals surface area contributed by atoms with Gasteiger partial charge in [-0.15, -0.1) is 0 Å². The third kappa shape index (κ3) is 44.6. The van der Waals surface area contributed by atoms with Crippen molar-refractivity contribution in [2.45, 2.75) is 140 Å². The Bertz CT molecular complexity index is 304. The Hall–Kier alpha value is 0.187. The fourth-order valence-corrected chi connectivity index (χ4v) is 2.13. The molecule has 186 valence electrons. The molecule has 3 nitrogen and oxygen atoms in total. The molecule has 0 aromatic carbocycles. The maximum absolute atomic E-state index is 9.83. The number of rotatable bonds is 8. The summed E-state index contributed by atoms with van der Waals surface area (Å²) in [6.07, 6.45) is 14.4. The van der Waals surface area contributed by atoms with Crippen LogP contribution in [-0.4, -0.2) is 30.7 Å². The largest absolute Gasteiger partial charge is 1.00 e. The summed E-state index contributed by atoms with van der Waals surface area (Å²) < 4.78 is 4.94. The molecular weight excluding hydrogens is 379 g/mol. The Morgan fingerprint density at radius 3 is 1.55 bits per heavy atom. The van der Waals surface area contributed by atoms with Crippen LogP contribution in [0.1, 0.15) is 133 Å². The standard InChI is InChI=1S/C11H24O.C6H13.C5H10O.C4H8O.CH4.Li/c1-5-6-7-8-9-10(12)11(2,3)4;1-3-5-6-4-2;1-5(2,3)4-6;1-2-4-5-3-1;;/h10,12H,5-9H2,1-4H3;1,3-6H2,2H3;4H,1-3H3;1-4H2;1H4;/q;-1;;;;+1. The number of aliphatic hydroxyl groups excluding tert-OH is 1. The zero-order valence-electron chi connectivity index (χ0n) is 22.3. The smallest absolute Gasteiger partial charge is 0.393 e. The van der Waals surface area contributed by atoms with Gasteiger partial charge in [0.25, 0.3) is 0 Å². The van der Waals surface area contributed by atoms with Crippen molar-refractivity contribution in [3.8, 4) is 0 Å². The van der Waals surface area contributed by atoms with Crippen molar-refractivity contribution < 1.29 is 33.5 Å². The molecule has 0 bridgehead atoms. The summed E-state index contributed by atoms with van der Waals surface area (Å²) in [4.78, 5) is 9.83. The van der Waals surface area contributed by atoms with Gasteiger partial charge in [0.2, 0.25) is 0 Å². The van der Waals surface area contributed by atoms with Gasteiger partial charge in [0.1, 0.15) is 6.29 Å². The van der Waals surface area contributed by atoms with Gasteiger partial charge in [-0.05, 0) is 24.7 Å². The zero-order valence-corrected chi connectivity index (χ0v) is 22.3. The number of carbonyl (C=O) groups excluding carboxylic acids is 1. The van der Waals surface area contributed by atoms with Crippen molar-refractivity contribution in [2.75, 3.05) is 13.2 Å². The average Bonchev–Trinajstić information content (AvgIpc) is 3.23. The molecule has 1 N–H and O–H groups in total. The van der Waals surface area contributed by atoms with Gasteiger partial charge in [-0.1, -0.05) is 108 Å². The van der Waals surface area contributed by atoms with Crippen molar-refractivity contribution in [1.82, 2.24) is 0 Å². The molecule has 31 heavy (non-hydrogen) atoms. The van der Waals surface area contributed by atoms with E-state index < -0.39 is 0 Å². The Labute approximate surface area is 210 Å². The predicted octanol–water partition coefficient (Wildman–Crippen LogP) is 5.43. The van der Waals surface area contributed by atoms with E-state index in [2.05, 4.69) is 41.5 Å². The van der Waals surface area contributed by atoms with E-state index in [1.54, 1.807) is 0 Å². The Morgan fingerprint density at radius 1 is 0.903 bits per heavy atom. The van der Waals surface area contributed by atoms with Crippen molar-refractivity contribution in [1.29, 1.82) is 0 Å². The van der Waals surface area contributed by atoms with E-state index in [0.717, 1.165) is 32.3 Å². The van der Waals surface area contributed by atoms with Crippen LogP contribution in [0.5, 0.6) is 0 Å². The first-order valence-electron chi connectivity index (χ1n) is 12.0. The van der Waals surface area contributed by atoms with Crippen molar-refractivity contribution in [2.24, 2.45) is 10.8 Å². The first kappa shape index (κ1) is 41.4. The molecule has 0 aromatic heterocycles. The third-order valence-corrected chi connectivity index (χ3v) is 4.37. The third-order valence-electron chi connectivity index (χ3n) is 4.37. The average molecular weight is 439 g/mol. The molecule has 0 aromatic rings. The van der Waals surface area contributed by atoms with Crippen molar-refractivity contribution in [3.63, 3.8) is 0 Å². The van der Waals surface area contributed by atoms with E-state index in [0.29, 0.717) is 0 Å². The summed E-state index contributed by atoms with van der Waals surface area (Å²) in [5.41, 5.74) is -0.0772. The molecule has 0 spiro atoms. The Balaban J connectivity index is -0.000000102. The number of hydrogen-bond acceptors (Lipinski definition) is 3. The zero-order chi connectivity index (χ0) is 23.2. The van der Waals surface area contributed by atoms with Crippen LogP contribution < -0.4 is 18.9 Å². The van der Waals surface area contributed by atoms with Crippen LogP contribution in [0.25, 0.3) is 0 Å². The molecule has 1 unspecified atom stereocenters. The second-order valence-corrected chi connectivity index (χ2v) is 10.1. The molecule has 4 heteroatoms. The van der Waals surface area contributed by atoms with Crippen LogP contribution in [0.2, 0.25) is 0 Å². The summed E-state index contributed by atoms with van der Waals surface area (Å²) in [7, 11) is 0. The molecule has 0 radical (unpaired) electrons. The van der Waals surface area contributed by atoms with Crippen LogP contribution in [0.3, 0.4) is 0 Å². The SMILES string of the molecule is C.C1CCOC1.CC(C)(C)C=O.CCCCCCC(O)C(C)(C)C.[CH2-]CCCCC.[Li+]. The monoisotopic (exact) mass is 438 g/mol. The normalized spacial score (nSPS) is 13.5. The van der Waals surface area contributed by atoms with E-state index in [-0.39, 0.29) is 43.2 Å². The van der Waals surface area contributed by atoms with Gasteiger partial charge in [0.15, 0.2) is 0 Å². The van der Waals surface area contributed by atoms with E-state index in [4.69, 9.17) is 4.74 Å². The molecule has 1 fully saturated rings. The number of hydrogen-bond donors (Lipinski definition) is 1. The van der Waals surface area contributed by atoms with Crippen LogP contribution in [0, 0.1) is 17.8 Å². The fourth-order valence-electron chi connectivity index (χ4n) is 2.13. The molecule has 0 saturated carbocycles. The van der Waals surface area contributed by atoms with E-state index in [1.165, 1.54) is 57.8 Å². The first-order chi connectivity index (χ1) is 13.5. The minimum atomic E-state index is -0.139. The maximum Gasteiger partial charge on any atom is 1.00 e. The maximum atomic E-state index is 9.83.